The van der Waals surface area contributed by atoms with Gasteiger partial charge in [0.2, 0.25) is 10.0 Å². The van der Waals surface area contributed by atoms with E-state index < -0.39 is 10.0 Å². The highest BCUT2D eigenvalue weighted by Crippen LogP contribution is 2.22. The standard InChI is InChI=1S/C10H10Cl2N4O2S/c1-16-7(2-3-14-16)5-15-19(17,18)8-4-9(11)10(12)13-6-8/h2-4,6,15H,5H2,1H3. The molecule has 0 spiro atoms. The van der Waals surface area contributed by atoms with Gasteiger partial charge in [-0.2, -0.15) is 5.10 Å². The van der Waals surface area contributed by atoms with Crippen molar-refractivity contribution in [2.24, 2.45) is 7.05 Å². The molecule has 2 heterocycles. The zero-order chi connectivity index (χ0) is 14.0. The summed E-state index contributed by atoms with van der Waals surface area (Å²) < 4.78 is 28.1. The quantitative estimate of drug-likeness (QED) is 0.868. The minimum Gasteiger partial charge on any atom is -0.271 e. The van der Waals surface area contributed by atoms with Crippen LogP contribution in [0, 0.1) is 0 Å². The molecule has 9 heteroatoms. The normalized spacial score (nSPS) is 11.7. The zero-order valence-corrected chi connectivity index (χ0v) is 12.2. The zero-order valence-electron chi connectivity index (χ0n) is 9.84. The van der Waals surface area contributed by atoms with Gasteiger partial charge in [-0.1, -0.05) is 23.2 Å². The average molecular weight is 321 g/mol. The van der Waals surface area contributed by atoms with Crippen molar-refractivity contribution in [1.82, 2.24) is 19.5 Å². The summed E-state index contributed by atoms with van der Waals surface area (Å²) in [6, 6.07) is 2.97. The van der Waals surface area contributed by atoms with Crippen molar-refractivity contribution in [2.75, 3.05) is 0 Å². The fraction of sp³-hybridized carbons (Fsp3) is 0.200. The SMILES string of the molecule is Cn1nccc1CNS(=O)(=O)c1cnc(Cl)c(Cl)c1. The third-order valence-corrected chi connectivity index (χ3v) is 4.50. The van der Waals surface area contributed by atoms with Gasteiger partial charge in [-0.25, -0.2) is 18.1 Å². The Kier molecular flexibility index (Phi) is 4.10. The Bertz CT molecular complexity index is 699. The molecule has 0 aliphatic carbocycles. The second-order valence-electron chi connectivity index (χ2n) is 3.71. The molecule has 0 fully saturated rings. The fourth-order valence-corrected chi connectivity index (χ4v) is 2.68. The summed E-state index contributed by atoms with van der Waals surface area (Å²) in [6.07, 6.45) is 2.74. The van der Waals surface area contributed by atoms with Crippen LogP contribution in [0.3, 0.4) is 0 Å². The highest BCUT2D eigenvalue weighted by Gasteiger charge is 2.16. The maximum absolute atomic E-state index is 12.0. The molecule has 0 radical (unpaired) electrons. The van der Waals surface area contributed by atoms with Crippen LogP contribution < -0.4 is 4.72 Å². The van der Waals surface area contributed by atoms with Gasteiger partial charge in [-0.3, -0.25) is 4.68 Å². The van der Waals surface area contributed by atoms with Crippen LogP contribution in [0.15, 0.2) is 29.4 Å². The number of nitrogens with one attached hydrogen (secondary N) is 1. The van der Waals surface area contributed by atoms with Gasteiger partial charge in [0.25, 0.3) is 0 Å². The van der Waals surface area contributed by atoms with E-state index in [2.05, 4.69) is 14.8 Å². The molecule has 19 heavy (non-hydrogen) atoms. The van der Waals surface area contributed by atoms with Gasteiger partial charge >= 0.3 is 0 Å². The van der Waals surface area contributed by atoms with E-state index in [1.807, 2.05) is 0 Å². The maximum atomic E-state index is 12.0. The molecule has 0 bridgehead atoms. The van der Waals surface area contributed by atoms with E-state index in [9.17, 15) is 8.42 Å². The highest BCUT2D eigenvalue weighted by atomic mass is 35.5. The lowest BCUT2D eigenvalue weighted by atomic mass is 10.4. The van der Waals surface area contributed by atoms with Crippen LogP contribution in [0.5, 0.6) is 0 Å². The summed E-state index contributed by atoms with van der Waals surface area (Å²) in [4.78, 5) is 3.67. The van der Waals surface area contributed by atoms with Crippen molar-refractivity contribution >= 4 is 33.2 Å². The first-order valence-corrected chi connectivity index (χ1v) is 7.41. The summed E-state index contributed by atoms with van der Waals surface area (Å²) in [5, 5.41) is 4.10. The molecule has 0 saturated heterocycles. The number of halogens is 2. The van der Waals surface area contributed by atoms with E-state index in [4.69, 9.17) is 23.2 Å². The van der Waals surface area contributed by atoms with Crippen LogP contribution in [0.1, 0.15) is 5.69 Å². The van der Waals surface area contributed by atoms with Crippen molar-refractivity contribution in [3.8, 4) is 0 Å². The summed E-state index contributed by atoms with van der Waals surface area (Å²) in [5.74, 6) is 0. The molecule has 0 aromatic carbocycles. The van der Waals surface area contributed by atoms with E-state index in [0.717, 1.165) is 11.9 Å². The topological polar surface area (TPSA) is 76.9 Å². The van der Waals surface area contributed by atoms with Crippen LogP contribution in [-0.2, 0) is 23.6 Å². The molecule has 0 saturated carbocycles. The number of sulfonamides is 1. The van der Waals surface area contributed by atoms with Crippen LogP contribution in [0.25, 0.3) is 0 Å². The molecule has 0 amide bonds. The Hall–Kier alpha value is -1.15. The largest absolute Gasteiger partial charge is 0.271 e. The van der Waals surface area contributed by atoms with Crippen molar-refractivity contribution in [3.63, 3.8) is 0 Å². The van der Waals surface area contributed by atoms with Crippen LogP contribution in [-0.4, -0.2) is 23.2 Å². The maximum Gasteiger partial charge on any atom is 0.242 e. The molecule has 0 aliphatic heterocycles. The predicted octanol–water partition coefficient (Wildman–Crippen LogP) is 1.60. The van der Waals surface area contributed by atoms with Crippen molar-refractivity contribution in [3.05, 3.63) is 40.4 Å². The number of nitrogens with zero attached hydrogens (tertiary/aromatic N) is 3. The Balaban J connectivity index is 2.18. The molecule has 1 N–H and O–H groups in total. The molecule has 2 aromatic rings. The predicted molar refractivity (Wildman–Crippen MR) is 71.5 cm³/mol. The summed E-state index contributed by atoms with van der Waals surface area (Å²) in [7, 11) is -1.96. The Morgan fingerprint density at radius 1 is 1.42 bits per heavy atom. The molecule has 6 nitrogen and oxygen atoms in total. The second kappa shape index (κ2) is 5.46. The summed E-state index contributed by atoms with van der Waals surface area (Å²) in [5.41, 5.74) is 0.733. The van der Waals surface area contributed by atoms with E-state index in [0.29, 0.717) is 0 Å². The van der Waals surface area contributed by atoms with E-state index in [-0.39, 0.29) is 21.6 Å². The molecule has 102 valence electrons. The van der Waals surface area contributed by atoms with Crippen molar-refractivity contribution in [1.29, 1.82) is 0 Å². The van der Waals surface area contributed by atoms with Crippen molar-refractivity contribution in [2.45, 2.75) is 11.4 Å². The molecule has 0 unspecified atom stereocenters. The van der Waals surface area contributed by atoms with Crippen molar-refractivity contribution < 1.29 is 8.42 Å². The second-order valence-corrected chi connectivity index (χ2v) is 6.25. The van der Waals surface area contributed by atoms with Crippen LogP contribution in [0.4, 0.5) is 0 Å². The third-order valence-electron chi connectivity index (χ3n) is 2.45. The first kappa shape index (κ1) is 14.3. The number of rotatable bonds is 4. The van der Waals surface area contributed by atoms with Gasteiger partial charge in [-0.05, 0) is 12.1 Å². The molecular formula is C10H10Cl2N4O2S. The Labute approximate surface area is 120 Å². The molecule has 2 rings (SSSR count). The van der Waals surface area contributed by atoms with E-state index in [1.165, 1.54) is 6.07 Å². The summed E-state index contributed by atoms with van der Waals surface area (Å²) in [6.45, 7) is 0.124. The summed E-state index contributed by atoms with van der Waals surface area (Å²) >= 11 is 11.4. The Morgan fingerprint density at radius 2 is 2.16 bits per heavy atom. The van der Waals surface area contributed by atoms with E-state index >= 15 is 0 Å². The van der Waals surface area contributed by atoms with Gasteiger partial charge in [-0.15, -0.1) is 0 Å². The monoisotopic (exact) mass is 320 g/mol. The lowest BCUT2D eigenvalue weighted by Gasteiger charge is -2.07. The number of aryl methyl sites for hydroxylation is 1. The number of aromatic nitrogens is 3. The van der Waals surface area contributed by atoms with Gasteiger partial charge < -0.3 is 0 Å². The van der Waals surface area contributed by atoms with Crippen LogP contribution in [0.2, 0.25) is 10.2 Å². The highest BCUT2D eigenvalue weighted by molar-refractivity contribution is 7.89. The molecule has 2 aromatic heterocycles. The fourth-order valence-electron chi connectivity index (χ4n) is 1.38. The van der Waals surface area contributed by atoms with Crippen LogP contribution >= 0.6 is 23.2 Å². The first-order valence-electron chi connectivity index (χ1n) is 5.18. The van der Waals surface area contributed by atoms with Gasteiger partial charge in [0.05, 0.1) is 17.3 Å². The smallest absolute Gasteiger partial charge is 0.242 e. The minimum absolute atomic E-state index is 0.0379. The lowest BCUT2D eigenvalue weighted by molar-refractivity contribution is 0.577. The van der Waals surface area contributed by atoms with Gasteiger partial charge in [0.15, 0.2) is 0 Å². The number of pyridine rings is 1. The number of hydrogen-bond acceptors (Lipinski definition) is 4. The van der Waals surface area contributed by atoms with E-state index in [1.54, 1.807) is 24.0 Å². The minimum atomic E-state index is -3.69. The lowest BCUT2D eigenvalue weighted by Crippen LogP contribution is -2.24. The molecule has 0 aliphatic rings. The third kappa shape index (κ3) is 3.24. The molecular weight excluding hydrogens is 311 g/mol. The molecule has 0 atom stereocenters. The number of hydrogen-bond donors (Lipinski definition) is 1. The first-order chi connectivity index (χ1) is 8.90. The Morgan fingerprint density at radius 3 is 2.74 bits per heavy atom. The van der Waals surface area contributed by atoms with Gasteiger partial charge in [0.1, 0.15) is 10.0 Å². The van der Waals surface area contributed by atoms with Gasteiger partial charge in [0, 0.05) is 19.4 Å². The average Bonchev–Trinajstić information content (AvgIpc) is 2.76.